The second-order valence-corrected chi connectivity index (χ2v) is 5.08. The fourth-order valence-corrected chi connectivity index (χ4v) is 2.21. The number of halogens is 1. The lowest BCUT2D eigenvalue weighted by molar-refractivity contribution is 0.262. The fourth-order valence-electron chi connectivity index (χ4n) is 1.82. The topological polar surface area (TPSA) is 59.6 Å². The molecule has 0 radical (unpaired) electrons. The second kappa shape index (κ2) is 5.88. The monoisotopic (exact) mass is 346 g/mol. The van der Waals surface area contributed by atoms with E-state index >= 15 is 0 Å². The van der Waals surface area contributed by atoms with E-state index in [0.29, 0.717) is 22.9 Å². The van der Waals surface area contributed by atoms with Crippen molar-refractivity contribution in [1.82, 2.24) is 0 Å². The number of urea groups is 1. The minimum Gasteiger partial charge on any atom is -0.458 e. The first-order chi connectivity index (χ1) is 10.2. The van der Waals surface area contributed by atoms with E-state index in [9.17, 15) is 4.79 Å². The lowest BCUT2D eigenvalue weighted by atomic mass is 10.2. The van der Waals surface area contributed by atoms with Gasteiger partial charge < -0.3 is 20.1 Å². The van der Waals surface area contributed by atoms with Gasteiger partial charge in [0, 0.05) is 16.2 Å². The summed E-state index contributed by atoms with van der Waals surface area (Å²) in [5.41, 5.74) is 1.30. The Kier molecular flexibility index (Phi) is 3.79. The zero-order chi connectivity index (χ0) is 14.7. The molecule has 6 heteroatoms. The molecule has 0 saturated carbocycles. The predicted molar refractivity (Wildman–Crippen MR) is 83.6 cm³/mol. The van der Waals surface area contributed by atoms with E-state index in [1.54, 1.807) is 24.3 Å². The first kappa shape index (κ1) is 13.5. The van der Waals surface area contributed by atoms with Crippen LogP contribution in [0.15, 0.2) is 59.5 Å². The molecule has 21 heavy (non-hydrogen) atoms. The number of amides is 2. The highest BCUT2D eigenvalue weighted by atomic mass is 79.9. The molecule has 0 unspecified atom stereocenters. The van der Waals surface area contributed by atoms with Crippen molar-refractivity contribution in [3.05, 3.63) is 59.5 Å². The molecule has 0 spiro atoms. The molecule has 1 aliphatic heterocycles. The van der Waals surface area contributed by atoms with Gasteiger partial charge in [-0.1, -0.05) is 12.1 Å². The summed E-state index contributed by atoms with van der Waals surface area (Å²) in [5.74, 6) is 1.16. The number of para-hydroxylation sites is 1. The van der Waals surface area contributed by atoms with Crippen molar-refractivity contribution >= 4 is 33.3 Å². The van der Waals surface area contributed by atoms with Crippen LogP contribution in [0.4, 0.5) is 16.2 Å². The zero-order valence-corrected chi connectivity index (χ0v) is 12.4. The maximum atomic E-state index is 12.0. The van der Waals surface area contributed by atoms with Crippen molar-refractivity contribution < 1.29 is 14.3 Å². The van der Waals surface area contributed by atoms with Gasteiger partial charge in [0.2, 0.25) is 0 Å². The van der Waals surface area contributed by atoms with Crippen molar-refractivity contribution in [3.8, 4) is 11.5 Å². The van der Waals surface area contributed by atoms with Crippen LogP contribution in [0.5, 0.6) is 11.5 Å². The van der Waals surface area contributed by atoms with Crippen molar-refractivity contribution in [2.45, 2.75) is 0 Å². The smallest absolute Gasteiger partial charge is 0.323 e. The SMILES string of the molecule is O=C(Nc1ccc2c(c1)OC=CO2)Nc1ccccc1Br. The lowest BCUT2D eigenvalue weighted by Gasteiger charge is -2.14. The van der Waals surface area contributed by atoms with Gasteiger partial charge in [-0.05, 0) is 40.2 Å². The van der Waals surface area contributed by atoms with Crippen LogP contribution in [-0.2, 0) is 0 Å². The summed E-state index contributed by atoms with van der Waals surface area (Å²) >= 11 is 3.37. The molecule has 1 aliphatic rings. The minimum absolute atomic E-state index is 0.339. The number of rotatable bonds is 2. The van der Waals surface area contributed by atoms with Gasteiger partial charge in [0.25, 0.3) is 0 Å². The standard InChI is InChI=1S/C15H11BrN2O3/c16-11-3-1-2-4-12(11)18-15(19)17-10-5-6-13-14(9-10)21-8-7-20-13/h1-9H,(H2,17,18,19). The number of nitrogens with one attached hydrogen (secondary N) is 2. The molecule has 2 N–H and O–H groups in total. The van der Waals surface area contributed by atoms with Gasteiger partial charge in [-0.25, -0.2) is 4.79 Å². The van der Waals surface area contributed by atoms with Crippen LogP contribution in [0.3, 0.4) is 0 Å². The maximum Gasteiger partial charge on any atom is 0.323 e. The Morgan fingerprint density at radius 3 is 2.52 bits per heavy atom. The van der Waals surface area contributed by atoms with E-state index in [4.69, 9.17) is 9.47 Å². The molecule has 0 bridgehead atoms. The molecule has 0 aromatic heterocycles. The number of fused-ring (bicyclic) bond motifs is 1. The Morgan fingerprint density at radius 1 is 0.952 bits per heavy atom. The van der Waals surface area contributed by atoms with Gasteiger partial charge >= 0.3 is 6.03 Å². The van der Waals surface area contributed by atoms with Crippen LogP contribution in [0.2, 0.25) is 0 Å². The number of ether oxygens (including phenoxy) is 2. The Balaban J connectivity index is 1.69. The number of carbonyl (C=O) groups excluding carboxylic acids is 1. The van der Waals surface area contributed by atoms with Gasteiger partial charge in [-0.2, -0.15) is 0 Å². The molecule has 0 saturated heterocycles. The molecule has 2 aromatic carbocycles. The van der Waals surface area contributed by atoms with E-state index in [1.165, 1.54) is 12.5 Å². The minimum atomic E-state index is -0.339. The van der Waals surface area contributed by atoms with Crippen LogP contribution >= 0.6 is 15.9 Å². The molecule has 106 valence electrons. The fraction of sp³-hybridized carbons (Fsp3) is 0. The molecule has 2 aromatic rings. The highest BCUT2D eigenvalue weighted by molar-refractivity contribution is 9.10. The van der Waals surface area contributed by atoms with Crippen LogP contribution < -0.4 is 20.1 Å². The van der Waals surface area contributed by atoms with Crippen LogP contribution in [-0.4, -0.2) is 6.03 Å². The van der Waals surface area contributed by atoms with Gasteiger partial charge in [0.15, 0.2) is 11.5 Å². The van der Waals surface area contributed by atoms with E-state index in [0.717, 1.165) is 4.47 Å². The molecular formula is C15H11BrN2O3. The van der Waals surface area contributed by atoms with Gasteiger partial charge in [-0.3, -0.25) is 0 Å². The van der Waals surface area contributed by atoms with E-state index < -0.39 is 0 Å². The summed E-state index contributed by atoms with van der Waals surface area (Å²) < 4.78 is 11.4. The van der Waals surface area contributed by atoms with E-state index in [2.05, 4.69) is 26.6 Å². The van der Waals surface area contributed by atoms with Crippen LogP contribution in [0, 0.1) is 0 Å². The molecular weight excluding hydrogens is 336 g/mol. The van der Waals surface area contributed by atoms with Crippen molar-refractivity contribution in [1.29, 1.82) is 0 Å². The molecule has 1 heterocycles. The van der Waals surface area contributed by atoms with Crippen LogP contribution in [0.25, 0.3) is 0 Å². The summed E-state index contributed by atoms with van der Waals surface area (Å²) in [5, 5.41) is 5.49. The van der Waals surface area contributed by atoms with Gasteiger partial charge in [0.05, 0.1) is 5.69 Å². The van der Waals surface area contributed by atoms with E-state index in [1.807, 2.05) is 18.2 Å². The first-order valence-electron chi connectivity index (χ1n) is 6.17. The van der Waals surface area contributed by atoms with Crippen molar-refractivity contribution in [2.24, 2.45) is 0 Å². The first-order valence-corrected chi connectivity index (χ1v) is 6.96. The molecule has 0 atom stereocenters. The predicted octanol–water partition coefficient (Wildman–Crippen LogP) is 4.34. The number of hydrogen-bond acceptors (Lipinski definition) is 3. The van der Waals surface area contributed by atoms with Crippen molar-refractivity contribution in [3.63, 3.8) is 0 Å². The molecule has 2 amide bonds. The average molecular weight is 347 g/mol. The Bertz CT molecular complexity index is 716. The Morgan fingerprint density at radius 2 is 1.71 bits per heavy atom. The zero-order valence-electron chi connectivity index (χ0n) is 10.8. The summed E-state index contributed by atoms with van der Waals surface area (Å²) in [6, 6.07) is 12.2. The van der Waals surface area contributed by atoms with Gasteiger partial charge in [0.1, 0.15) is 12.5 Å². The molecule has 3 rings (SSSR count). The Labute approximate surface area is 129 Å². The lowest BCUT2D eigenvalue weighted by Crippen LogP contribution is -2.19. The summed E-state index contributed by atoms with van der Waals surface area (Å²) in [6.45, 7) is 0. The number of hydrogen-bond donors (Lipinski definition) is 2. The highest BCUT2D eigenvalue weighted by Crippen LogP contribution is 2.33. The molecule has 0 aliphatic carbocycles. The van der Waals surface area contributed by atoms with Crippen LogP contribution in [0.1, 0.15) is 0 Å². The summed E-state index contributed by atoms with van der Waals surface area (Å²) in [4.78, 5) is 12.0. The largest absolute Gasteiger partial charge is 0.458 e. The van der Waals surface area contributed by atoms with Gasteiger partial charge in [-0.15, -0.1) is 0 Å². The molecule has 0 fully saturated rings. The van der Waals surface area contributed by atoms with E-state index in [-0.39, 0.29) is 6.03 Å². The van der Waals surface area contributed by atoms with Crippen molar-refractivity contribution in [2.75, 3.05) is 10.6 Å². The molecule has 5 nitrogen and oxygen atoms in total. The third kappa shape index (κ3) is 3.17. The summed E-state index contributed by atoms with van der Waals surface area (Å²) in [7, 11) is 0. The summed E-state index contributed by atoms with van der Waals surface area (Å²) in [6.07, 6.45) is 2.89. The Hall–Kier alpha value is -2.47. The average Bonchev–Trinajstić information content (AvgIpc) is 2.49. The normalized spacial score (nSPS) is 11.9. The highest BCUT2D eigenvalue weighted by Gasteiger charge is 2.11. The maximum absolute atomic E-state index is 12.0. The number of benzene rings is 2. The number of anilines is 2. The quantitative estimate of drug-likeness (QED) is 0.850. The third-order valence-corrected chi connectivity index (χ3v) is 3.46. The second-order valence-electron chi connectivity index (χ2n) is 4.23. The number of carbonyl (C=O) groups is 1. The third-order valence-electron chi connectivity index (χ3n) is 2.77.